The van der Waals surface area contributed by atoms with Gasteiger partial charge in [-0.15, -0.1) is 0 Å². The van der Waals surface area contributed by atoms with E-state index in [1.54, 1.807) is 55.5 Å². The highest BCUT2D eigenvalue weighted by Gasteiger charge is 2.35. The van der Waals surface area contributed by atoms with Crippen molar-refractivity contribution in [3.63, 3.8) is 0 Å². The molecule has 8 heteroatoms. The average molecular weight is 417 g/mol. The lowest BCUT2D eigenvalue weighted by molar-refractivity contribution is -0.122. The van der Waals surface area contributed by atoms with E-state index in [9.17, 15) is 18.0 Å². The van der Waals surface area contributed by atoms with Crippen LogP contribution in [0.15, 0.2) is 54.6 Å². The van der Waals surface area contributed by atoms with E-state index in [1.807, 2.05) is 6.07 Å². The van der Waals surface area contributed by atoms with E-state index in [0.29, 0.717) is 24.5 Å². The van der Waals surface area contributed by atoms with Crippen molar-refractivity contribution in [2.75, 3.05) is 29.6 Å². The normalized spacial score (nSPS) is 17.5. The Morgan fingerprint density at radius 1 is 1.07 bits per heavy atom. The van der Waals surface area contributed by atoms with Crippen molar-refractivity contribution in [1.82, 2.24) is 0 Å². The molecular formula is C21H23NO6S. The second kappa shape index (κ2) is 9.09. The Kier molecular flexibility index (Phi) is 6.53. The minimum atomic E-state index is -3.19. The third-order valence-corrected chi connectivity index (χ3v) is 6.36. The number of ether oxygens (including phenoxy) is 2. The van der Waals surface area contributed by atoms with Gasteiger partial charge >= 0.3 is 5.97 Å². The SMILES string of the molecule is CCOc1ccccc1C(=O)OCC(=O)N(c1ccccc1)[C@H]1CCS(=O)(=O)C1. The molecule has 0 saturated carbocycles. The van der Waals surface area contributed by atoms with Crippen molar-refractivity contribution in [3.8, 4) is 5.75 Å². The molecule has 0 aromatic heterocycles. The van der Waals surface area contributed by atoms with E-state index in [-0.39, 0.29) is 17.1 Å². The monoisotopic (exact) mass is 417 g/mol. The van der Waals surface area contributed by atoms with E-state index < -0.39 is 34.4 Å². The number of carbonyl (C=O) groups excluding carboxylic acids is 2. The molecule has 1 atom stereocenters. The molecule has 154 valence electrons. The first kappa shape index (κ1) is 20.9. The number of sulfone groups is 1. The lowest BCUT2D eigenvalue weighted by atomic mass is 10.2. The molecule has 0 spiro atoms. The highest BCUT2D eigenvalue weighted by Crippen LogP contribution is 2.25. The summed E-state index contributed by atoms with van der Waals surface area (Å²) >= 11 is 0. The molecular weight excluding hydrogens is 394 g/mol. The summed E-state index contributed by atoms with van der Waals surface area (Å²) in [6, 6.07) is 15.0. The first-order chi connectivity index (χ1) is 13.9. The lowest BCUT2D eigenvalue weighted by Gasteiger charge is -2.28. The van der Waals surface area contributed by atoms with E-state index in [0.717, 1.165) is 0 Å². The first-order valence-corrected chi connectivity index (χ1v) is 11.2. The highest BCUT2D eigenvalue weighted by molar-refractivity contribution is 7.91. The summed E-state index contributed by atoms with van der Waals surface area (Å²) in [4.78, 5) is 26.8. The molecule has 3 rings (SSSR count). The zero-order valence-corrected chi connectivity index (χ0v) is 16.9. The fourth-order valence-corrected chi connectivity index (χ4v) is 5.02. The van der Waals surface area contributed by atoms with Crippen LogP contribution < -0.4 is 9.64 Å². The predicted molar refractivity (Wildman–Crippen MR) is 109 cm³/mol. The summed E-state index contributed by atoms with van der Waals surface area (Å²) in [5.41, 5.74) is 0.808. The number of para-hydroxylation sites is 2. The molecule has 29 heavy (non-hydrogen) atoms. The average Bonchev–Trinajstić information content (AvgIpc) is 3.07. The topological polar surface area (TPSA) is 90.0 Å². The van der Waals surface area contributed by atoms with Crippen molar-refractivity contribution in [1.29, 1.82) is 0 Å². The van der Waals surface area contributed by atoms with Crippen molar-refractivity contribution in [3.05, 3.63) is 60.2 Å². The van der Waals surface area contributed by atoms with Gasteiger partial charge in [0.05, 0.1) is 24.2 Å². The molecule has 0 unspecified atom stereocenters. The molecule has 1 amide bonds. The zero-order valence-electron chi connectivity index (χ0n) is 16.1. The Morgan fingerprint density at radius 2 is 1.76 bits per heavy atom. The van der Waals surface area contributed by atoms with Gasteiger partial charge in [-0.1, -0.05) is 30.3 Å². The van der Waals surface area contributed by atoms with Gasteiger partial charge < -0.3 is 14.4 Å². The lowest BCUT2D eigenvalue weighted by Crippen LogP contribution is -2.43. The van der Waals surface area contributed by atoms with Gasteiger partial charge in [0.2, 0.25) is 0 Å². The predicted octanol–water partition coefficient (Wildman–Crippen LogP) is 2.46. The summed E-state index contributed by atoms with van der Waals surface area (Å²) in [5.74, 6) is -0.825. The number of rotatable bonds is 7. The van der Waals surface area contributed by atoms with E-state index in [1.165, 1.54) is 4.90 Å². The maximum absolute atomic E-state index is 12.9. The number of anilines is 1. The smallest absolute Gasteiger partial charge is 0.342 e. The third-order valence-electron chi connectivity index (χ3n) is 4.61. The molecule has 1 fully saturated rings. The first-order valence-electron chi connectivity index (χ1n) is 9.38. The summed E-state index contributed by atoms with van der Waals surface area (Å²) < 4.78 is 34.5. The maximum Gasteiger partial charge on any atom is 0.342 e. The van der Waals surface area contributed by atoms with E-state index in [2.05, 4.69) is 0 Å². The van der Waals surface area contributed by atoms with Crippen LogP contribution in [0.3, 0.4) is 0 Å². The molecule has 1 aliphatic heterocycles. The maximum atomic E-state index is 12.9. The Labute approximate surface area is 170 Å². The van der Waals surface area contributed by atoms with Gasteiger partial charge in [-0.05, 0) is 37.6 Å². The summed E-state index contributed by atoms with van der Waals surface area (Å²) in [7, 11) is -3.19. The fraction of sp³-hybridized carbons (Fsp3) is 0.333. The molecule has 1 heterocycles. The summed E-state index contributed by atoms with van der Waals surface area (Å²) in [6.07, 6.45) is 0.351. The molecule has 0 N–H and O–H groups in total. The van der Waals surface area contributed by atoms with Crippen molar-refractivity contribution >= 4 is 27.4 Å². The second-order valence-electron chi connectivity index (χ2n) is 6.66. The van der Waals surface area contributed by atoms with Gasteiger partial charge in [-0.3, -0.25) is 4.79 Å². The van der Waals surface area contributed by atoms with E-state index in [4.69, 9.17) is 9.47 Å². The molecule has 7 nitrogen and oxygen atoms in total. The Hall–Kier alpha value is -2.87. The van der Waals surface area contributed by atoms with Crippen LogP contribution in [0.25, 0.3) is 0 Å². The van der Waals surface area contributed by atoms with Crippen LogP contribution in [-0.4, -0.2) is 51.1 Å². The minimum absolute atomic E-state index is 0.0375. The van der Waals surface area contributed by atoms with Crippen molar-refractivity contribution in [2.24, 2.45) is 0 Å². The minimum Gasteiger partial charge on any atom is -0.493 e. The molecule has 1 aliphatic rings. The number of amides is 1. The van der Waals surface area contributed by atoms with Gasteiger partial charge in [0, 0.05) is 5.69 Å². The van der Waals surface area contributed by atoms with Gasteiger partial charge in [0.15, 0.2) is 16.4 Å². The number of hydrogen-bond acceptors (Lipinski definition) is 6. The van der Waals surface area contributed by atoms with Crippen LogP contribution in [0, 0.1) is 0 Å². The highest BCUT2D eigenvalue weighted by atomic mass is 32.2. The van der Waals surface area contributed by atoms with E-state index >= 15 is 0 Å². The third kappa shape index (κ3) is 5.14. The number of hydrogen-bond donors (Lipinski definition) is 0. The van der Waals surface area contributed by atoms with Crippen LogP contribution in [0.4, 0.5) is 5.69 Å². The molecule has 0 aliphatic carbocycles. The van der Waals surface area contributed by atoms with Crippen LogP contribution in [-0.2, 0) is 19.4 Å². The van der Waals surface area contributed by atoms with Crippen LogP contribution in [0.2, 0.25) is 0 Å². The largest absolute Gasteiger partial charge is 0.493 e. The molecule has 2 aromatic rings. The van der Waals surface area contributed by atoms with Gasteiger partial charge in [0.1, 0.15) is 11.3 Å². The number of esters is 1. The Bertz CT molecular complexity index is 974. The Morgan fingerprint density at radius 3 is 2.41 bits per heavy atom. The summed E-state index contributed by atoms with van der Waals surface area (Å²) in [6.45, 7) is 1.70. The second-order valence-corrected chi connectivity index (χ2v) is 8.89. The van der Waals surface area contributed by atoms with Crippen LogP contribution >= 0.6 is 0 Å². The fourth-order valence-electron chi connectivity index (χ4n) is 3.32. The summed E-state index contributed by atoms with van der Waals surface area (Å²) in [5, 5.41) is 0. The zero-order chi connectivity index (χ0) is 20.9. The molecule has 0 bridgehead atoms. The van der Waals surface area contributed by atoms with Crippen LogP contribution in [0.5, 0.6) is 5.75 Å². The number of benzene rings is 2. The quantitative estimate of drug-likeness (QED) is 0.643. The van der Waals surface area contributed by atoms with Gasteiger partial charge in [0.25, 0.3) is 5.91 Å². The number of carbonyl (C=O) groups is 2. The standard InChI is InChI=1S/C21H23NO6S/c1-2-27-19-11-7-6-10-18(19)21(24)28-14-20(23)22(16-8-4-3-5-9-16)17-12-13-29(25,26)15-17/h3-11,17H,2,12-15H2,1H3/t17-/m0/s1. The van der Waals surface area contributed by atoms with Crippen molar-refractivity contribution < 1.29 is 27.5 Å². The Balaban J connectivity index is 1.75. The molecule has 2 aromatic carbocycles. The van der Waals surface area contributed by atoms with Gasteiger partial charge in [-0.2, -0.15) is 0 Å². The van der Waals surface area contributed by atoms with Gasteiger partial charge in [-0.25, -0.2) is 13.2 Å². The molecule has 0 radical (unpaired) electrons. The number of nitrogens with zero attached hydrogens (tertiary/aromatic N) is 1. The van der Waals surface area contributed by atoms with Crippen LogP contribution in [0.1, 0.15) is 23.7 Å². The molecule has 1 saturated heterocycles. The van der Waals surface area contributed by atoms with Crippen molar-refractivity contribution in [2.45, 2.75) is 19.4 Å².